The van der Waals surface area contributed by atoms with E-state index in [0.717, 1.165) is 31.6 Å². The highest BCUT2D eigenvalue weighted by atomic mass is 16.2. The third-order valence-electron chi connectivity index (χ3n) is 3.64. The highest BCUT2D eigenvalue weighted by Crippen LogP contribution is 2.23. The number of hydrogen-bond donors (Lipinski definition) is 2. The standard InChI is InChI=1S/C14H23N5O/c1-10-7-13(17-15)12(8-16-10)14(20)19-6-4-5-11(19)9-18(2)3/h7-8,11H,4-6,9,15H2,1-3H3,(H,16,17). The first-order valence-electron chi connectivity index (χ1n) is 6.92. The van der Waals surface area contributed by atoms with Crippen LogP contribution in [0.15, 0.2) is 12.3 Å². The Bertz CT molecular complexity index is 488. The number of likely N-dealkylation sites (tertiary alicyclic amines) is 1. The molecule has 2 rings (SSSR count). The van der Waals surface area contributed by atoms with Crippen LogP contribution in [0.2, 0.25) is 0 Å². The lowest BCUT2D eigenvalue weighted by Crippen LogP contribution is -2.41. The van der Waals surface area contributed by atoms with Crippen molar-refractivity contribution in [3.8, 4) is 0 Å². The predicted molar refractivity (Wildman–Crippen MR) is 79.4 cm³/mol. The Morgan fingerprint density at radius 2 is 2.35 bits per heavy atom. The van der Waals surface area contributed by atoms with Gasteiger partial charge in [0.15, 0.2) is 0 Å². The van der Waals surface area contributed by atoms with Crippen LogP contribution in [0.25, 0.3) is 0 Å². The topological polar surface area (TPSA) is 74.5 Å². The Balaban J connectivity index is 2.22. The summed E-state index contributed by atoms with van der Waals surface area (Å²) in [6, 6.07) is 2.06. The smallest absolute Gasteiger partial charge is 0.257 e. The Hall–Kier alpha value is -1.66. The Morgan fingerprint density at radius 1 is 1.60 bits per heavy atom. The molecule has 1 fully saturated rings. The molecule has 0 bridgehead atoms. The Labute approximate surface area is 119 Å². The van der Waals surface area contributed by atoms with Gasteiger partial charge < -0.3 is 15.2 Å². The van der Waals surface area contributed by atoms with Gasteiger partial charge in [0.05, 0.1) is 11.3 Å². The number of aromatic nitrogens is 1. The van der Waals surface area contributed by atoms with Crippen LogP contribution in [0.5, 0.6) is 0 Å². The number of rotatable bonds is 4. The number of carbonyl (C=O) groups excluding carboxylic acids is 1. The van der Waals surface area contributed by atoms with Gasteiger partial charge in [0.25, 0.3) is 5.91 Å². The maximum absolute atomic E-state index is 12.7. The molecule has 1 atom stereocenters. The number of nitrogens with two attached hydrogens (primary N) is 1. The monoisotopic (exact) mass is 277 g/mol. The van der Waals surface area contributed by atoms with Crippen LogP contribution >= 0.6 is 0 Å². The molecular formula is C14H23N5O. The zero-order valence-corrected chi connectivity index (χ0v) is 12.4. The first kappa shape index (κ1) is 14.7. The van der Waals surface area contributed by atoms with E-state index in [4.69, 9.17) is 5.84 Å². The summed E-state index contributed by atoms with van der Waals surface area (Å²) < 4.78 is 0. The van der Waals surface area contributed by atoms with Gasteiger partial charge in [0.2, 0.25) is 0 Å². The molecule has 1 saturated heterocycles. The van der Waals surface area contributed by atoms with E-state index in [-0.39, 0.29) is 11.9 Å². The number of pyridine rings is 1. The average molecular weight is 277 g/mol. The summed E-state index contributed by atoms with van der Waals surface area (Å²) in [7, 11) is 4.06. The van der Waals surface area contributed by atoms with Crippen molar-refractivity contribution in [2.24, 2.45) is 5.84 Å². The van der Waals surface area contributed by atoms with Crippen LogP contribution < -0.4 is 11.3 Å². The van der Waals surface area contributed by atoms with E-state index in [1.54, 1.807) is 12.3 Å². The quantitative estimate of drug-likeness (QED) is 0.630. The van der Waals surface area contributed by atoms with E-state index >= 15 is 0 Å². The summed E-state index contributed by atoms with van der Waals surface area (Å²) >= 11 is 0. The zero-order chi connectivity index (χ0) is 14.7. The van der Waals surface area contributed by atoms with Crippen LogP contribution in [0.3, 0.4) is 0 Å². The fourth-order valence-electron chi connectivity index (χ4n) is 2.72. The lowest BCUT2D eigenvalue weighted by molar-refractivity contribution is 0.0717. The lowest BCUT2D eigenvalue weighted by atomic mass is 10.1. The number of nitrogens with one attached hydrogen (secondary N) is 1. The molecule has 0 spiro atoms. The van der Waals surface area contributed by atoms with Crippen LogP contribution in [0.4, 0.5) is 5.69 Å². The molecule has 6 nitrogen and oxygen atoms in total. The Morgan fingerprint density at radius 3 is 3.00 bits per heavy atom. The van der Waals surface area contributed by atoms with E-state index in [9.17, 15) is 4.79 Å². The van der Waals surface area contributed by atoms with Crippen molar-refractivity contribution in [3.05, 3.63) is 23.5 Å². The molecule has 1 unspecified atom stereocenters. The first-order valence-corrected chi connectivity index (χ1v) is 6.92. The molecule has 110 valence electrons. The van der Waals surface area contributed by atoms with Crippen LogP contribution in [0, 0.1) is 6.92 Å². The van der Waals surface area contributed by atoms with Gasteiger partial charge in [-0.1, -0.05) is 0 Å². The second-order valence-corrected chi connectivity index (χ2v) is 5.57. The molecule has 1 aliphatic heterocycles. The van der Waals surface area contributed by atoms with E-state index in [0.29, 0.717) is 11.3 Å². The van der Waals surface area contributed by atoms with Gasteiger partial charge in [0.1, 0.15) is 0 Å². The maximum Gasteiger partial charge on any atom is 0.257 e. The third-order valence-corrected chi connectivity index (χ3v) is 3.64. The molecule has 1 amide bonds. The minimum Gasteiger partial charge on any atom is -0.334 e. The van der Waals surface area contributed by atoms with Gasteiger partial charge in [-0.2, -0.15) is 0 Å². The lowest BCUT2D eigenvalue weighted by Gasteiger charge is -2.27. The molecule has 3 N–H and O–H groups in total. The van der Waals surface area contributed by atoms with Crippen LogP contribution in [-0.4, -0.2) is 53.9 Å². The van der Waals surface area contributed by atoms with Gasteiger partial charge in [-0.25, -0.2) is 0 Å². The largest absolute Gasteiger partial charge is 0.334 e. The van der Waals surface area contributed by atoms with Crippen molar-refractivity contribution in [2.45, 2.75) is 25.8 Å². The van der Waals surface area contributed by atoms with Gasteiger partial charge in [-0.15, -0.1) is 0 Å². The number of anilines is 1. The van der Waals surface area contributed by atoms with Gasteiger partial charge >= 0.3 is 0 Å². The number of hydrazine groups is 1. The first-order chi connectivity index (χ1) is 9.52. The highest BCUT2D eigenvalue weighted by Gasteiger charge is 2.30. The molecular weight excluding hydrogens is 254 g/mol. The molecule has 0 aromatic carbocycles. The molecule has 1 aromatic rings. The molecule has 0 saturated carbocycles. The summed E-state index contributed by atoms with van der Waals surface area (Å²) in [5, 5.41) is 0. The zero-order valence-electron chi connectivity index (χ0n) is 12.4. The van der Waals surface area contributed by atoms with E-state index in [1.807, 2.05) is 25.9 Å². The number of aryl methyl sites for hydroxylation is 1. The summed E-state index contributed by atoms with van der Waals surface area (Å²) in [5.74, 6) is 5.52. The van der Waals surface area contributed by atoms with Crippen molar-refractivity contribution >= 4 is 11.6 Å². The summed E-state index contributed by atoms with van der Waals surface area (Å²) in [6.45, 7) is 3.56. The molecule has 0 aliphatic carbocycles. The van der Waals surface area contributed by atoms with Gasteiger partial charge in [0, 0.05) is 31.0 Å². The van der Waals surface area contributed by atoms with Gasteiger partial charge in [-0.3, -0.25) is 15.6 Å². The minimum atomic E-state index is 0.00907. The van der Waals surface area contributed by atoms with Crippen molar-refractivity contribution in [1.82, 2.24) is 14.8 Å². The summed E-state index contributed by atoms with van der Waals surface area (Å²) in [6.07, 6.45) is 3.71. The van der Waals surface area contributed by atoms with Crippen LogP contribution in [0.1, 0.15) is 28.9 Å². The summed E-state index contributed by atoms with van der Waals surface area (Å²) in [5.41, 5.74) is 4.61. The number of likely N-dealkylation sites (N-methyl/N-ethyl adjacent to an activating group) is 1. The van der Waals surface area contributed by atoms with E-state index in [1.165, 1.54) is 0 Å². The number of amides is 1. The average Bonchev–Trinajstić information content (AvgIpc) is 2.85. The maximum atomic E-state index is 12.7. The number of hydrogen-bond acceptors (Lipinski definition) is 5. The molecule has 1 aromatic heterocycles. The fourth-order valence-corrected chi connectivity index (χ4v) is 2.72. The van der Waals surface area contributed by atoms with Crippen molar-refractivity contribution in [3.63, 3.8) is 0 Å². The summed E-state index contributed by atoms with van der Waals surface area (Å²) in [4.78, 5) is 21.0. The number of nitrogens with zero attached hydrogens (tertiary/aromatic N) is 3. The highest BCUT2D eigenvalue weighted by molar-refractivity contribution is 5.99. The second-order valence-electron chi connectivity index (χ2n) is 5.57. The predicted octanol–water partition coefficient (Wildman–Crippen LogP) is 0.842. The van der Waals surface area contributed by atoms with Crippen molar-refractivity contribution < 1.29 is 4.79 Å². The number of nitrogen functional groups attached to an aromatic ring is 1. The molecule has 1 aliphatic rings. The van der Waals surface area contributed by atoms with Crippen molar-refractivity contribution in [1.29, 1.82) is 0 Å². The Kier molecular flexibility index (Phi) is 4.57. The molecule has 0 radical (unpaired) electrons. The SMILES string of the molecule is Cc1cc(NN)c(C(=O)N2CCCC2CN(C)C)cn1. The third kappa shape index (κ3) is 3.08. The second kappa shape index (κ2) is 6.19. The number of carbonyl (C=O) groups is 1. The molecule has 20 heavy (non-hydrogen) atoms. The van der Waals surface area contributed by atoms with Crippen LogP contribution in [-0.2, 0) is 0 Å². The fraction of sp³-hybridized carbons (Fsp3) is 0.571. The minimum absolute atomic E-state index is 0.00907. The van der Waals surface area contributed by atoms with Gasteiger partial charge in [-0.05, 0) is 39.9 Å². The van der Waals surface area contributed by atoms with E-state index in [2.05, 4.69) is 15.3 Å². The normalized spacial score (nSPS) is 18.6. The van der Waals surface area contributed by atoms with Crippen molar-refractivity contribution in [2.75, 3.05) is 32.6 Å². The molecule has 2 heterocycles. The van der Waals surface area contributed by atoms with E-state index < -0.39 is 0 Å². The molecule has 6 heteroatoms.